The van der Waals surface area contributed by atoms with Crippen LogP contribution in [-0.2, 0) is 11.8 Å². The largest absolute Gasteiger partial charge is 0.550 e. The fourth-order valence-electron chi connectivity index (χ4n) is 4.19. The predicted octanol–water partition coefficient (Wildman–Crippen LogP) is 2.21. The van der Waals surface area contributed by atoms with Gasteiger partial charge in [0.2, 0.25) is 0 Å². The molecule has 2 aromatic carbocycles. The van der Waals surface area contributed by atoms with Gasteiger partial charge in [-0.1, -0.05) is 59.7 Å². The Morgan fingerprint density at radius 2 is 1.60 bits per heavy atom. The lowest BCUT2D eigenvalue weighted by Crippen LogP contribution is -2.29. The lowest BCUT2D eigenvalue weighted by molar-refractivity contribution is -0.307. The Hall–Kier alpha value is -3.62. The number of hydrogen-bond donors (Lipinski definition) is 2. The van der Waals surface area contributed by atoms with Crippen LogP contribution < -0.4 is 5.11 Å². The van der Waals surface area contributed by atoms with E-state index in [0.717, 1.165) is 39.0 Å². The molecular formula is C27H31N4O4-. The number of allylic oxidation sites excluding steroid dienone is 2. The molecule has 35 heavy (non-hydrogen) atoms. The van der Waals surface area contributed by atoms with E-state index in [-0.39, 0.29) is 6.42 Å². The van der Waals surface area contributed by atoms with Crippen molar-refractivity contribution in [3.05, 3.63) is 87.8 Å². The third-order valence-corrected chi connectivity index (χ3v) is 5.83. The first kappa shape index (κ1) is 26.0. The van der Waals surface area contributed by atoms with Gasteiger partial charge in [-0.2, -0.15) is 0 Å². The van der Waals surface area contributed by atoms with Crippen molar-refractivity contribution in [1.82, 2.24) is 20.2 Å². The van der Waals surface area contributed by atoms with Crippen LogP contribution in [0.5, 0.6) is 0 Å². The van der Waals surface area contributed by atoms with Gasteiger partial charge in [-0.25, -0.2) is 4.68 Å². The van der Waals surface area contributed by atoms with E-state index in [1.165, 1.54) is 6.08 Å². The first-order valence-corrected chi connectivity index (χ1v) is 11.4. The van der Waals surface area contributed by atoms with Gasteiger partial charge in [0.05, 0.1) is 12.2 Å². The number of aliphatic hydroxyl groups is 2. The average Bonchev–Trinajstić information content (AvgIpc) is 3.17. The Morgan fingerprint density at radius 3 is 2.06 bits per heavy atom. The van der Waals surface area contributed by atoms with E-state index < -0.39 is 24.6 Å². The molecule has 8 nitrogen and oxygen atoms in total. The summed E-state index contributed by atoms with van der Waals surface area (Å²) in [6.45, 7) is 8.18. The number of carboxylic acids is 1. The molecule has 184 valence electrons. The highest BCUT2D eigenvalue weighted by Crippen LogP contribution is 2.36. The predicted molar refractivity (Wildman–Crippen MR) is 132 cm³/mol. The molecular weight excluding hydrogens is 444 g/mol. The molecule has 0 spiro atoms. The molecule has 0 amide bonds. The third-order valence-electron chi connectivity index (χ3n) is 5.83. The van der Waals surface area contributed by atoms with Gasteiger partial charge in [-0.3, -0.25) is 0 Å². The number of aliphatic hydroxyl groups excluding tert-OH is 2. The second-order valence-electron chi connectivity index (χ2n) is 8.94. The number of rotatable bonds is 9. The van der Waals surface area contributed by atoms with Gasteiger partial charge in [0.1, 0.15) is 0 Å². The van der Waals surface area contributed by atoms with Crippen LogP contribution in [0, 0.1) is 27.7 Å². The van der Waals surface area contributed by atoms with Gasteiger partial charge in [0.25, 0.3) is 0 Å². The summed E-state index contributed by atoms with van der Waals surface area (Å²) in [5.74, 6) is -0.870. The quantitative estimate of drug-likeness (QED) is 0.455. The van der Waals surface area contributed by atoms with Crippen molar-refractivity contribution in [3.8, 4) is 0 Å². The number of aryl methyl sites for hydroxylation is 5. The summed E-state index contributed by atoms with van der Waals surface area (Å²) in [4.78, 5) is 10.8. The second-order valence-corrected chi connectivity index (χ2v) is 8.94. The second kappa shape index (κ2) is 11.2. The average molecular weight is 476 g/mol. The fourth-order valence-corrected chi connectivity index (χ4v) is 4.19. The smallest absolute Gasteiger partial charge is 0.182 e. The highest BCUT2D eigenvalue weighted by molar-refractivity contribution is 6.02. The molecule has 0 aliphatic heterocycles. The standard InChI is InChI=1S/C27H32N4O4/c1-16-6-9-22(18(3)12-16)26(23-10-7-17(2)13-19(23)4)24(27-28-29-30-31(27)5)11-8-20(32)14-21(33)15-25(34)35/h6-13,20-21,32-33H,14-15H2,1-5H3,(H,34,35)/p-1/b11-8+/t20-,21-/m1/s1. The number of carbonyl (C=O) groups excluding carboxylic acids is 1. The Kier molecular flexibility index (Phi) is 8.32. The number of nitrogens with zero attached hydrogens (tertiary/aromatic N) is 4. The minimum absolute atomic E-state index is 0.142. The number of aliphatic carboxylic acids is 1. The fraction of sp³-hybridized carbons (Fsp3) is 0.333. The number of hydrogen-bond acceptors (Lipinski definition) is 7. The summed E-state index contributed by atoms with van der Waals surface area (Å²) in [6, 6.07) is 12.5. The van der Waals surface area contributed by atoms with E-state index in [0.29, 0.717) is 11.4 Å². The van der Waals surface area contributed by atoms with Crippen LogP contribution in [0.2, 0.25) is 0 Å². The Labute approximate surface area is 205 Å². The zero-order chi connectivity index (χ0) is 25.7. The zero-order valence-electron chi connectivity index (χ0n) is 20.7. The van der Waals surface area contributed by atoms with E-state index in [4.69, 9.17) is 0 Å². The molecule has 1 aromatic heterocycles. The lowest BCUT2D eigenvalue weighted by atomic mass is 9.86. The first-order chi connectivity index (χ1) is 16.6. The lowest BCUT2D eigenvalue weighted by Gasteiger charge is -2.19. The van der Waals surface area contributed by atoms with Crippen molar-refractivity contribution in [1.29, 1.82) is 0 Å². The molecule has 0 radical (unpaired) electrons. The van der Waals surface area contributed by atoms with Crippen molar-refractivity contribution in [3.63, 3.8) is 0 Å². The molecule has 2 N–H and O–H groups in total. The van der Waals surface area contributed by atoms with Crippen LogP contribution in [0.15, 0.2) is 48.6 Å². The van der Waals surface area contributed by atoms with Crippen molar-refractivity contribution < 1.29 is 20.1 Å². The molecule has 1 heterocycles. The van der Waals surface area contributed by atoms with Crippen molar-refractivity contribution in [2.24, 2.45) is 7.05 Å². The summed E-state index contributed by atoms with van der Waals surface area (Å²) >= 11 is 0. The molecule has 0 fully saturated rings. The number of aromatic nitrogens is 4. The molecule has 0 bridgehead atoms. The van der Waals surface area contributed by atoms with Crippen LogP contribution >= 0.6 is 0 Å². The maximum absolute atomic E-state index is 10.8. The molecule has 3 rings (SSSR count). The van der Waals surface area contributed by atoms with E-state index in [9.17, 15) is 20.1 Å². The molecule has 0 saturated heterocycles. The molecule has 0 unspecified atom stereocenters. The minimum Gasteiger partial charge on any atom is -0.550 e. The van der Waals surface area contributed by atoms with E-state index in [1.54, 1.807) is 17.8 Å². The highest BCUT2D eigenvalue weighted by atomic mass is 16.4. The van der Waals surface area contributed by atoms with Crippen LogP contribution in [0.3, 0.4) is 0 Å². The first-order valence-electron chi connectivity index (χ1n) is 11.4. The normalized spacial score (nSPS) is 13.1. The summed E-state index contributed by atoms with van der Waals surface area (Å²) in [5.41, 5.74) is 8.01. The van der Waals surface area contributed by atoms with E-state index in [1.807, 2.05) is 39.8 Å². The monoisotopic (exact) mass is 475 g/mol. The summed E-state index contributed by atoms with van der Waals surface area (Å²) in [5, 5.41) is 43.2. The molecule has 8 heteroatoms. The van der Waals surface area contributed by atoms with Gasteiger partial charge in [-0.15, -0.1) is 5.10 Å². The maximum Gasteiger partial charge on any atom is 0.182 e. The van der Waals surface area contributed by atoms with Crippen molar-refractivity contribution in [2.45, 2.75) is 52.7 Å². The molecule has 0 aliphatic carbocycles. The third kappa shape index (κ3) is 6.49. The number of carboxylic acid groups (broad SMARTS) is 1. The van der Waals surface area contributed by atoms with Crippen LogP contribution in [0.4, 0.5) is 0 Å². The van der Waals surface area contributed by atoms with Gasteiger partial charge in [-0.05, 0) is 60.4 Å². The number of tetrazole rings is 1. The summed E-state index contributed by atoms with van der Waals surface area (Å²) in [6.07, 6.45) is 0.266. The Balaban J connectivity index is 2.24. The van der Waals surface area contributed by atoms with Crippen molar-refractivity contribution in [2.75, 3.05) is 0 Å². The van der Waals surface area contributed by atoms with E-state index in [2.05, 4.69) is 39.8 Å². The SMILES string of the molecule is Cc1ccc(C(=C(/C=C/[C@@H](O)C[C@@H](O)CC(=O)[O-])c2nnnn2C)c2ccc(C)cc2C)c(C)c1. The van der Waals surface area contributed by atoms with Crippen LogP contribution in [0.25, 0.3) is 11.1 Å². The minimum atomic E-state index is -1.37. The molecule has 0 aliphatic rings. The van der Waals surface area contributed by atoms with Crippen LogP contribution in [-0.4, -0.2) is 48.6 Å². The van der Waals surface area contributed by atoms with Crippen LogP contribution in [0.1, 0.15) is 52.0 Å². The summed E-state index contributed by atoms with van der Waals surface area (Å²) < 4.78 is 1.56. The Bertz CT molecular complexity index is 1220. The molecule has 2 atom stereocenters. The number of carbonyl (C=O) groups is 1. The van der Waals surface area contributed by atoms with E-state index >= 15 is 0 Å². The summed E-state index contributed by atoms with van der Waals surface area (Å²) in [7, 11) is 1.74. The Morgan fingerprint density at radius 1 is 1.03 bits per heavy atom. The maximum atomic E-state index is 10.8. The van der Waals surface area contributed by atoms with Gasteiger partial charge < -0.3 is 20.1 Å². The van der Waals surface area contributed by atoms with Gasteiger partial charge in [0, 0.05) is 37.0 Å². The molecule has 0 saturated carbocycles. The zero-order valence-corrected chi connectivity index (χ0v) is 20.7. The van der Waals surface area contributed by atoms with Crippen molar-refractivity contribution >= 4 is 17.1 Å². The number of benzene rings is 2. The topological polar surface area (TPSA) is 124 Å². The van der Waals surface area contributed by atoms with Gasteiger partial charge >= 0.3 is 0 Å². The van der Waals surface area contributed by atoms with Gasteiger partial charge in [0.15, 0.2) is 5.82 Å². The molecule has 3 aromatic rings. The highest BCUT2D eigenvalue weighted by Gasteiger charge is 2.20.